The highest BCUT2D eigenvalue weighted by atomic mass is 35.5. The Morgan fingerprint density at radius 2 is 2.00 bits per heavy atom. The molecule has 7 heteroatoms. The molecule has 0 radical (unpaired) electrons. The summed E-state index contributed by atoms with van der Waals surface area (Å²) in [6.07, 6.45) is 1.44. The van der Waals surface area contributed by atoms with Gasteiger partial charge in [-0.15, -0.1) is 0 Å². The minimum absolute atomic E-state index is 0.00806. The fourth-order valence-corrected chi connectivity index (χ4v) is 2.66. The fraction of sp³-hybridized carbons (Fsp3) is 0.188. The Kier molecular flexibility index (Phi) is 3.77. The summed E-state index contributed by atoms with van der Waals surface area (Å²) >= 11 is 5.76. The van der Waals surface area contributed by atoms with Crippen LogP contribution in [-0.2, 0) is 16.9 Å². The zero-order valence-corrected chi connectivity index (χ0v) is 13.0. The van der Waals surface area contributed by atoms with E-state index in [1.807, 2.05) is 0 Å². The molecule has 1 atom stereocenters. The molecule has 0 bridgehead atoms. The smallest absolute Gasteiger partial charge is 0.319 e. The SMILES string of the molecule is C[C@]1(c2ccccc2F)NC(=O)N(Cc2ccc(Cl)cn2)C1=O. The van der Waals surface area contributed by atoms with Gasteiger partial charge in [-0.05, 0) is 25.1 Å². The second-order valence-corrected chi connectivity index (χ2v) is 5.83. The van der Waals surface area contributed by atoms with Gasteiger partial charge >= 0.3 is 6.03 Å². The van der Waals surface area contributed by atoms with E-state index in [1.54, 1.807) is 18.2 Å². The van der Waals surface area contributed by atoms with Crippen LogP contribution in [0.25, 0.3) is 0 Å². The van der Waals surface area contributed by atoms with Crippen molar-refractivity contribution in [3.05, 3.63) is 64.7 Å². The van der Waals surface area contributed by atoms with Gasteiger partial charge in [0.05, 0.1) is 17.3 Å². The predicted molar refractivity (Wildman–Crippen MR) is 82.1 cm³/mol. The maximum Gasteiger partial charge on any atom is 0.325 e. The van der Waals surface area contributed by atoms with E-state index < -0.39 is 23.3 Å². The number of aromatic nitrogens is 1. The number of rotatable bonds is 3. The van der Waals surface area contributed by atoms with Crippen molar-refractivity contribution >= 4 is 23.5 Å². The third kappa shape index (κ3) is 2.66. The van der Waals surface area contributed by atoms with Crippen LogP contribution in [0.2, 0.25) is 5.02 Å². The Morgan fingerprint density at radius 3 is 2.65 bits per heavy atom. The van der Waals surface area contributed by atoms with Crippen LogP contribution in [0.4, 0.5) is 9.18 Å². The first-order valence-electron chi connectivity index (χ1n) is 6.91. The number of nitrogens with one attached hydrogen (secondary N) is 1. The number of urea groups is 1. The third-order valence-corrected chi connectivity index (χ3v) is 4.02. The predicted octanol–water partition coefficient (Wildman–Crippen LogP) is 2.84. The lowest BCUT2D eigenvalue weighted by atomic mass is 9.91. The molecule has 3 amide bonds. The maximum atomic E-state index is 14.0. The minimum Gasteiger partial charge on any atom is -0.319 e. The van der Waals surface area contributed by atoms with Crippen molar-refractivity contribution in [3.63, 3.8) is 0 Å². The maximum absolute atomic E-state index is 14.0. The van der Waals surface area contributed by atoms with Crippen LogP contribution in [0, 0.1) is 5.82 Å². The summed E-state index contributed by atoms with van der Waals surface area (Å²) < 4.78 is 14.0. The fourth-order valence-electron chi connectivity index (χ4n) is 2.55. The molecule has 5 nitrogen and oxygen atoms in total. The number of hydrogen-bond donors (Lipinski definition) is 1. The highest BCUT2D eigenvalue weighted by molar-refractivity contribution is 6.30. The van der Waals surface area contributed by atoms with Crippen molar-refractivity contribution in [2.45, 2.75) is 19.0 Å². The molecular weight excluding hydrogens is 321 g/mol. The van der Waals surface area contributed by atoms with Crippen molar-refractivity contribution in [1.82, 2.24) is 15.2 Å². The molecule has 3 rings (SSSR count). The summed E-state index contributed by atoms with van der Waals surface area (Å²) in [7, 11) is 0. The number of imide groups is 1. The summed E-state index contributed by atoms with van der Waals surface area (Å²) in [5, 5.41) is 3.02. The average molecular weight is 334 g/mol. The molecular formula is C16H13ClFN3O2. The molecule has 2 heterocycles. The summed E-state index contributed by atoms with van der Waals surface area (Å²) in [5.41, 5.74) is -0.796. The first-order valence-corrected chi connectivity index (χ1v) is 7.29. The number of hydrogen-bond acceptors (Lipinski definition) is 3. The van der Waals surface area contributed by atoms with Gasteiger partial charge in [0, 0.05) is 11.8 Å². The molecule has 1 fully saturated rings. The standard InChI is InChI=1S/C16H13ClFN3O2/c1-16(12-4-2-3-5-13(12)18)14(22)21(15(23)20-16)9-11-7-6-10(17)8-19-11/h2-8H,9H2,1H3,(H,20,23)/t16-/m1/s1. The average Bonchev–Trinajstić information content (AvgIpc) is 2.74. The normalized spacial score (nSPS) is 20.7. The van der Waals surface area contributed by atoms with E-state index >= 15 is 0 Å². The lowest BCUT2D eigenvalue weighted by molar-refractivity contribution is -0.131. The van der Waals surface area contributed by atoms with Crippen molar-refractivity contribution in [2.75, 3.05) is 0 Å². The van der Waals surface area contributed by atoms with E-state index in [9.17, 15) is 14.0 Å². The molecule has 0 aliphatic carbocycles. The molecule has 0 saturated carbocycles. The number of carbonyl (C=O) groups excluding carboxylic acids is 2. The van der Waals surface area contributed by atoms with Gasteiger partial charge in [-0.1, -0.05) is 29.8 Å². The Balaban J connectivity index is 1.91. The number of nitrogens with zero attached hydrogens (tertiary/aromatic N) is 2. The van der Waals surface area contributed by atoms with Crippen LogP contribution in [-0.4, -0.2) is 21.8 Å². The zero-order valence-electron chi connectivity index (χ0n) is 12.2. The lowest BCUT2D eigenvalue weighted by Crippen LogP contribution is -2.41. The Hall–Kier alpha value is -2.47. The molecule has 2 aromatic rings. The largest absolute Gasteiger partial charge is 0.325 e. The summed E-state index contributed by atoms with van der Waals surface area (Å²) in [5.74, 6) is -1.07. The van der Waals surface area contributed by atoms with Gasteiger partial charge in [0.2, 0.25) is 0 Å². The minimum atomic E-state index is -1.44. The van der Waals surface area contributed by atoms with E-state index in [0.717, 1.165) is 4.90 Å². The van der Waals surface area contributed by atoms with Gasteiger partial charge in [0.15, 0.2) is 0 Å². The monoisotopic (exact) mass is 333 g/mol. The van der Waals surface area contributed by atoms with Crippen LogP contribution in [0.15, 0.2) is 42.6 Å². The molecule has 0 spiro atoms. The van der Waals surface area contributed by atoms with Gasteiger partial charge in [-0.2, -0.15) is 0 Å². The number of halogens is 2. The van der Waals surface area contributed by atoms with Crippen molar-refractivity contribution in [3.8, 4) is 0 Å². The number of pyridine rings is 1. The Labute approximate surface area is 137 Å². The quantitative estimate of drug-likeness (QED) is 0.879. The van der Waals surface area contributed by atoms with E-state index in [-0.39, 0.29) is 12.1 Å². The first kappa shape index (κ1) is 15.4. The lowest BCUT2D eigenvalue weighted by Gasteiger charge is -2.22. The molecule has 23 heavy (non-hydrogen) atoms. The molecule has 1 saturated heterocycles. The number of carbonyl (C=O) groups is 2. The molecule has 118 valence electrons. The van der Waals surface area contributed by atoms with Crippen molar-refractivity contribution < 1.29 is 14.0 Å². The molecule has 1 aliphatic heterocycles. The second kappa shape index (κ2) is 5.62. The van der Waals surface area contributed by atoms with E-state index in [2.05, 4.69) is 10.3 Å². The molecule has 0 unspecified atom stereocenters. The van der Waals surface area contributed by atoms with E-state index in [4.69, 9.17) is 11.6 Å². The van der Waals surface area contributed by atoms with Crippen LogP contribution in [0.1, 0.15) is 18.2 Å². The van der Waals surface area contributed by atoms with Crippen LogP contribution in [0.3, 0.4) is 0 Å². The van der Waals surface area contributed by atoms with Gasteiger partial charge in [-0.25, -0.2) is 9.18 Å². The Morgan fingerprint density at radius 1 is 1.26 bits per heavy atom. The molecule has 1 aromatic heterocycles. The first-order chi connectivity index (χ1) is 10.9. The Bertz CT molecular complexity index is 781. The highest BCUT2D eigenvalue weighted by Crippen LogP contribution is 2.31. The topological polar surface area (TPSA) is 62.3 Å². The van der Waals surface area contributed by atoms with Crippen LogP contribution < -0.4 is 5.32 Å². The molecule has 1 N–H and O–H groups in total. The van der Waals surface area contributed by atoms with Gasteiger partial charge in [0.1, 0.15) is 11.4 Å². The van der Waals surface area contributed by atoms with Gasteiger partial charge in [0.25, 0.3) is 5.91 Å². The van der Waals surface area contributed by atoms with E-state index in [0.29, 0.717) is 10.7 Å². The number of amides is 3. The third-order valence-electron chi connectivity index (χ3n) is 3.80. The number of benzene rings is 1. The van der Waals surface area contributed by atoms with Crippen molar-refractivity contribution in [1.29, 1.82) is 0 Å². The highest BCUT2D eigenvalue weighted by Gasteiger charge is 2.50. The molecule has 1 aliphatic rings. The summed E-state index contributed by atoms with van der Waals surface area (Å²) in [4.78, 5) is 29.9. The van der Waals surface area contributed by atoms with Gasteiger partial charge < -0.3 is 5.32 Å². The summed E-state index contributed by atoms with van der Waals surface area (Å²) in [6, 6.07) is 8.55. The second-order valence-electron chi connectivity index (χ2n) is 5.39. The molecule has 1 aromatic carbocycles. The van der Waals surface area contributed by atoms with Crippen LogP contribution in [0.5, 0.6) is 0 Å². The van der Waals surface area contributed by atoms with Gasteiger partial charge in [-0.3, -0.25) is 14.7 Å². The summed E-state index contributed by atoms with van der Waals surface area (Å²) in [6.45, 7) is 1.48. The zero-order chi connectivity index (χ0) is 16.6. The van der Waals surface area contributed by atoms with Crippen molar-refractivity contribution in [2.24, 2.45) is 0 Å². The van der Waals surface area contributed by atoms with Crippen LogP contribution >= 0.6 is 11.6 Å². The van der Waals surface area contributed by atoms with E-state index in [1.165, 1.54) is 31.3 Å².